The first-order valence-corrected chi connectivity index (χ1v) is 20.8. The smallest absolute Gasteiger partial charge is 0.355 e. The van der Waals surface area contributed by atoms with Crippen LogP contribution in [0.2, 0.25) is 0 Å². The molecule has 1 aliphatic heterocycles. The molecule has 4 aromatic rings. The number of anilines is 2. The van der Waals surface area contributed by atoms with Crippen molar-refractivity contribution in [2.24, 2.45) is 21.4 Å². The summed E-state index contributed by atoms with van der Waals surface area (Å²) < 4.78 is 0.995. The Balaban J connectivity index is 1.06. The lowest BCUT2D eigenvalue weighted by Gasteiger charge is -2.67. The zero-order chi connectivity index (χ0) is 40.2. The fourth-order valence-corrected chi connectivity index (χ4v) is 12.7. The van der Waals surface area contributed by atoms with Gasteiger partial charge in [0.25, 0.3) is 5.91 Å². The van der Waals surface area contributed by atoms with Crippen LogP contribution in [0.4, 0.5) is 10.9 Å². The molecule has 4 bridgehead atoms. The zero-order valence-electron chi connectivity index (χ0n) is 33.3. The van der Waals surface area contributed by atoms with Crippen molar-refractivity contribution in [3.05, 3.63) is 92.6 Å². The van der Waals surface area contributed by atoms with Gasteiger partial charge in [0.2, 0.25) is 0 Å². The Morgan fingerprint density at radius 2 is 1.79 bits per heavy atom. The summed E-state index contributed by atoms with van der Waals surface area (Å²) in [5.74, 6) is -0.913. The standard InChI is InChI=1S/C44H52N8O4S/c1-27(47-26-43-21-41(2)20-42(3,22-43)24-44(23-41,25-43)51-56)32(18-45)30-11-12-36(49-37(30)39(54)55)52-15-13-29-16-28(8-7-14-46-4)17-31(33(29)19-52)38(53)50-40-48-34-9-5-6-10-35(34)57-40/h5-6,9-12,16-18,45-47H,7-8,13-15,19-26H2,1-4H3,(H,54,55)(H,48,50,53)/b32-27+,45-18?. The van der Waals surface area contributed by atoms with Crippen molar-refractivity contribution in [1.82, 2.24) is 20.6 Å². The third-order valence-electron chi connectivity index (χ3n) is 12.9. The third-order valence-corrected chi connectivity index (χ3v) is 13.8. The second-order valence-electron chi connectivity index (χ2n) is 18.0. The van der Waals surface area contributed by atoms with Gasteiger partial charge in [-0.05, 0) is 142 Å². The number of amides is 1. The molecular formula is C44H52N8O4S. The van der Waals surface area contributed by atoms with Crippen molar-refractivity contribution in [1.29, 1.82) is 5.41 Å². The first-order chi connectivity index (χ1) is 27.3. The van der Waals surface area contributed by atoms with Crippen molar-refractivity contribution in [2.75, 3.05) is 36.9 Å². The summed E-state index contributed by atoms with van der Waals surface area (Å²) in [5.41, 5.74) is 5.41. The number of para-hydroxylation sites is 1. The van der Waals surface area contributed by atoms with Gasteiger partial charge in [-0.3, -0.25) is 10.1 Å². The number of pyridine rings is 1. The Bertz CT molecular complexity index is 2270. The van der Waals surface area contributed by atoms with Gasteiger partial charge < -0.3 is 26.0 Å². The summed E-state index contributed by atoms with van der Waals surface area (Å²) in [5, 5.41) is 33.1. The van der Waals surface area contributed by atoms with Gasteiger partial charge in [0.05, 0.1) is 10.2 Å². The van der Waals surface area contributed by atoms with E-state index in [-0.39, 0.29) is 27.8 Å². The van der Waals surface area contributed by atoms with Gasteiger partial charge in [0, 0.05) is 48.2 Å². The van der Waals surface area contributed by atoms with Crippen LogP contribution in [0, 0.1) is 26.6 Å². The molecule has 5 aliphatic rings. The number of fused-ring (bicyclic) bond motifs is 2. The van der Waals surface area contributed by atoms with Crippen LogP contribution in [-0.2, 0) is 19.4 Å². The van der Waals surface area contributed by atoms with Crippen molar-refractivity contribution in [2.45, 2.75) is 90.6 Å². The van der Waals surface area contributed by atoms with E-state index < -0.39 is 11.5 Å². The minimum absolute atomic E-state index is 0.0713. The molecule has 4 saturated carbocycles. The molecule has 1 amide bonds. The predicted molar refractivity (Wildman–Crippen MR) is 226 cm³/mol. The van der Waals surface area contributed by atoms with Gasteiger partial charge in [0.1, 0.15) is 11.4 Å². The largest absolute Gasteiger partial charge is 0.476 e. The van der Waals surface area contributed by atoms with Crippen molar-refractivity contribution < 1.29 is 14.7 Å². The van der Waals surface area contributed by atoms with E-state index in [2.05, 4.69) is 46.0 Å². The van der Waals surface area contributed by atoms with Crippen LogP contribution < -0.4 is 20.9 Å². The Morgan fingerprint density at radius 3 is 2.49 bits per heavy atom. The minimum Gasteiger partial charge on any atom is -0.476 e. The number of allylic oxidation sites excluding steroid dienone is 2. The molecule has 2 aromatic heterocycles. The maximum Gasteiger partial charge on any atom is 0.355 e. The number of nitroso groups, excluding NO2 is 1. The van der Waals surface area contributed by atoms with E-state index in [1.54, 1.807) is 6.07 Å². The van der Waals surface area contributed by atoms with E-state index in [1.807, 2.05) is 55.3 Å². The molecule has 12 nitrogen and oxygen atoms in total. The van der Waals surface area contributed by atoms with Gasteiger partial charge in [-0.15, -0.1) is 0 Å². The van der Waals surface area contributed by atoms with Gasteiger partial charge >= 0.3 is 5.97 Å². The molecule has 0 radical (unpaired) electrons. The normalized spacial score (nSPS) is 26.5. The number of carbonyl (C=O) groups is 2. The van der Waals surface area contributed by atoms with Crippen molar-refractivity contribution in [3.8, 4) is 0 Å². The molecule has 57 heavy (non-hydrogen) atoms. The number of aromatic carboxylic acids is 1. The van der Waals surface area contributed by atoms with E-state index in [0.717, 1.165) is 84.8 Å². The molecule has 0 spiro atoms. The van der Waals surface area contributed by atoms with Crippen LogP contribution in [0.25, 0.3) is 15.8 Å². The second kappa shape index (κ2) is 14.7. The molecule has 9 rings (SSSR count). The highest BCUT2D eigenvalue weighted by Gasteiger charge is 2.66. The highest BCUT2D eigenvalue weighted by Crippen LogP contribution is 2.71. The predicted octanol–water partition coefficient (Wildman–Crippen LogP) is 8.21. The first kappa shape index (κ1) is 38.8. The van der Waals surface area contributed by atoms with Gasteiger partial charge in [-0.1, -0.05) is 48.6 Å². The lowest BCUT2D eigenvalue weighted by molar-refractivity contribution is -0.152. The number of hydrogen-bond donors (Lipinski definition) is 5. The summed E-state index contributed by atoms with van der Waals surface area (Å²) in [6, 6.07) is 15.5. The zero-order valence-corrected chi connectivity index (χ0v) is 34.1. The van der Waals surface area contributed by atoms with Crippen molar-refractivity contribution in [3.63, 3.8) is 0 Å². The van der Waals surface area contributed by atoms with Gasteiger partial charge in [-0.25, -0.2) is 14.8 Å². The van der Waals surface area contributed by atoms with Crippen LogP contribution in [0.15, 0.2) is 59.4 Å². The average Bonchev–Trinajstić information content (AvgIpc) is 3.58. The number of thiazole rings is 1. The van der Waals surface area contributed by atoms with E-state index in [1.165, 1.54) is 17.6 Å². The summed E-state index contributed by atoms with van der Waals surface area (Å²) in [7, 11) is 1.93. The Labute approximate surface area is 337 Å². The number of aromatic nitrogens is 2. The number of nitrogens with zero attached hydrogens (tertiary/aromatic N) is 4. The van der Waals surface area contributed by atoms with E-state index in [9.17, 15) is 19.6 Å². The summed E-state index contributed by atoms with van der Waals surface area (Å²) in [6.07, 6.45) is 9.23. The number of carboxylic acids is 1. The lowest BCUT2D eigenvalue weighted by atomic mass is 9.38. The highest BCUT2D eigenvalue weighted by molar-refractivity contribution is 7.22. The monoisotopic (exact) mass is 788 g/mol. The molecule has 3 heterocycles. The maximum absolute atomic E-state index is 14.0. The van der Waals surface area contributed by atoms with Crippen LogP contribution in [0.5, 0.6) is 0 Å². The number of carboxylic acid groups (broad SMARTS) is 1. The summed E-state index contributed by atoms with van der Waals surface area (Å²) >= 11 is 1.44. The van der Waals surface area contributed by atoms with Gasteiger partial charge in [0.15, 0.2) is 10.8 Å². The molecule has 4 aliphatic carbocycles. The number of nitrogens with one attached hydrogen (secondary N) is 4. The number of aryl methyl sites for hydroxylation is 1. The molecule has 13 heteroatoms. The van der Waals surface area contributed by atoms with Crippen LogP contribution in [0.1, 0.15) is 109 Å². The Hall–Kier alpha value is -5.01. The van der Waals surface area contributed by atoms with Crippen molar-refractivity contribution >= 4 is 56.2 Å². The molecule has 5 N–H and O–H groups in total. The maximum atomic E-state index is 14.0. The fraction of sp³-hybridized carbons (Fsp3) is 0.477. The molecule has 2 atom stereocenters. The minimum atomic E-state index is -1.18. The lowest BCUT2D eigenvalue weighted by Crippen LogP contribution is -2.63. The first-order valence-electron chi connectivity index (χ1n) is 20.0. The van der Waals surface area contributed by atoms with E-state index >= 15 is 0 Å². The number of benzene rings is 2. The quantitative estimate of drug-likeness (QED) is 0.0480. The summed E-state index contributed by atoms with van der Waals surface area (Å²) in [6.45, 7) is 8.97. The number of hydrogen-bond acceptors (Lipinski definition) is 11. The topological polar surface area (TPSA) is 173 Å². The third kappa shape index (κ3) is 7.47. The van der Waals surface area contributed by atoms with E-state index in [4.69, 9.17) is 10.4 Å². The molecule has 298 valence electrons. The molecule has 2 unspecified atom stereocenters. The number of carbonyl (C=O) groups excluding carboxylic acids is 1. The molecular weight excluding hydrogens is 737 g/mol. The molecule has 2 aromatic carbocycles. The Kier molecular flexibility index (Phi) is 10.0. The van der Waals surface area contributed by atoms with E-state index in [0.29, 0.717) is 59.4 Å². The second-order valence-corrected chi connectivity index (χ2v) is 19.0. The SMILES string of the molecule is CNCCCc1cc2c(c(C(=O)Nc3nc4ccccc4s3)c1)CN(c1ccc(/C(C=N)=C(\C)NCC34CC5(C)CC(C)(C3)CC(N=O)(C5)C4)c(C(=O)O)n1)CC2. The highest BCUT2D eigenvalue weighted by atomic mass is 32.1. The number of rotatable bonds is 14. The fourth-order valence-electron chi connectivity index (χ4n) is 11.8. The summed E-state index contributed by atoms with van der Waals surface area (Å²) in [4.78, 5) is 50.5. The van der Waals surface area contributed by atoms with Crippen LogP contribution in [0.3, 0.4) is 0 Å². The average molecular weight is 789 g/mol. The van der Waals surface area contributed by atoms with Crippen LogP contribution >= 0.6 is 11.3 Å². The molecule has 0 saturated heterocycles. The Morgan fingerprint density at radius 1 is 1.02 bits per heavy atom. The van der Waals surface area contributed by atoms with Crippen LogP contribution in [-0.4, -0.2) is 65.4 Å². The molecule has 4 fully saturated rings. The van der Waals surface area contributed by atoms with Gasteiger partial charge in [-0.2, -0.15) is 4.91 Å².